The molecule has 0 atom stereocenters. The zero-order valence-corrected chi connectivity index (χ0v) is 11.7. The molecule has 5 nitrogen and oxygen atoms in total. The molecule has 6 heteroatoms. The maximum atomic E-state index is 12.1. The average Bonchev–Trinajstić information content (AvgIpc) is 2.56. The average molecular weight is 309 g/mol. The predicted molar refractivity (Wildman–Crippen MR) is 72.3 cm³/mol. The number of aromatic nitrogens is 3. The van der Waals surface area contributed by atoms with E-state index in [-0.39, 0.29) is 12.2 Å². The van der Waals surface area contributed by atoms with Crippen molar-refractivity contribution in [3.63, 3.8) is 0 Å². The lowest BCUT2D eigenvalue weighted by Gasteiger charge is -2.04. The molecule has 0 aliphatic heterocycles. The van der Waals surface area contributed by atoms with Crippen LogP contribution in [-0.4, -0.2) is 20.5 Å². The van der Waals surface area contributed by atoms with E-state index in [1.54, 1.807) is 23.0 Å². The van der Waals surface area contributed by atoms with Gasteiger partial charge in [-0.2, -0.15) is 5.10 Å². The quantitative estimate of drug-likeness (QED) is 0.879. The lowest BCUT2D eigenvalue weighted by Crippen LogP contribution is -2.12. The van der Waals surface area contributed by atoms with Gasteiger partial charge in [-0.25, -0.2) is 0 Å². The third kappa shape index (κ3) is 2.28. The van der Waals surface area contributed by atoms with Crippen LogP contribution in [0.1, 0.15) is 21.9 Å². The van der Waals surface area contributed by atoms with Crippen LogP contribution in [0.5, 0.6) is 0 Å². The number of carbonyl (C=O) groups excluding carboxylic acids is 1. The fourth-order valence-corrected chi connectivity index (χ4v) is 2.23. The van der Waals surface area contributed by atoms with Gasteiger partial charge in [-0.05, 0) is 35.0 Å². The second kappa shape index (κ2) is 4.89. The van der Waals surface area contributed by atoms with Crippen molar-refractivity contribution in [2.24, 2.45) is 7.05 Å². The lowest BCUT2D eigenvalue weighted by atomic mass is 10.1. The Hall–Kier alpha value is -1.69. The lowest BCUT2D eigenvalue weighted by molar-refractivity contribution is 0.0987. The number of Topliss-reactive ketones (excluding diaryl/α,β-unsaturated/α-hetero) is 1. The molecule has 18 heavy (non-hydrogen) atoms. The molecule has 0 saturated carbocycles. The van der Waals surface area contributed by atoms with Crippen molar-refractivity contribution in [3.05, 3.63) is 39.9 Å². The molecule has 2 aromatic heterocycles. The summed E-state index contributed by atoms with van der Waals surface area (Å²) in [5.74, 6) is -0.114. The van der Waals surface area contributed by atoms with Crippen LogP contribution in [-0.2, 0) is 13.5 Å². The fraction of sp³-hybridized carbons (Fsp3) is 0.250. The number of nitrogen functional groups attached to an aromatic ring is 1. The molecule has 2 aromatic rings. The molecular weight excluding hydrogens is 296 g/mol. The maximum Gasteiger partial charge on any atom is 0.189 e. The van der Waals surface area contributed by atoms with Gasteiger partial charge in [0, 0.05) is 13.2 Å². The van der Waals surface area contributed by atoms with E-state index < -0.39 is 0 Å². The topological polar surface area (TPSA) is 73.8 Å². The molecule has 0 amide bonds. The second-order valence-corrected chi connectivity index (χ2v) is 4.80. The zero-order chi connectivity index (χ0) is 13.3. The summed E-state index contributed by atoms with van der Waals surface area (Å²) in [4.78, 5) is 16.2. The van der Waals surface area contributed by atoms with Crippen molar-refractivity contribution in [2.45, 2.75) is 13.3 Å². The molecule has 2 N–H and O–H groups in total. The number of ketones is 1. The Labute approximate surface area is 113 Å². The molecule has 0 fully saturated rings. The van der Waals surface area contributed by atoms with Gasteiger partial charge < -0.3 is 5.73 Å². The van der Waals surface area contributed by atoms with Gasteiger partial charge in [-0.1, -0.05) is 0 Å². The van der Waals surface area contributed by atoms with Crippen LogP contribution < -0.4 is 5.73 Å². The summed E-state index contributed by atoms with van der Waals surface area (Å²) in [7, 11) is 1.81. The standard InChI is InChI=1S/C12H13BrN4O/c1-7-11(13)9(17(2)16-7)6-10(18)12-8(14)4-3-5-15-12/h3-5H,6,14H2,1-2H3. The summed E-state index contributed by atoms with van der Waals surface area (Å²) in [6, 6.07) is 3.38. The van der Waals surface area contributed by atoms with Crippen LogP contribution in [0.15, 0.2) is 22.8 Å². The molecular formula is C12H13BrN4O. The monoisotopic (exact) mass is 308 g/mol. The van der Waals surface area contributed by atoms with Gasteiger partial charge in [-0.3, -0.25) is 14.5 Å². The predicted octanol–water partition coefficient (Wildman–Crippen LogP) is 1.89. The van der Waals surface area contributed by atoms with E-state index in [2.05, 4.69) is 26.0 Å². The summed E-state index contributed by atoms with van der Waals surface area (Å²) in [5.41, 5.74) is 8.13. The first-order valence-corrected chi connectivity index (χ1v) is 6.21. The Bertz CT molecular complexity index is 606. The number of nitrogens with zero attached hydrogens (tertiary/aromatic N) is 3. The molecule has 94 valence electrons. The number of anilines is 1. The van der Waals surface area contributed by atoms with E-state index in [1.165, 1.54) is 0 Å². The minimum absolute atomic E-state index is 0.114. The summed E-state index contributed by atoms with van der Waals surface area (Å²) in [5, 5.41) is 4.25. The van der Waals surface area contributed by atoms with Gasteiger partial charge in [0.2, 0.25) is 0 Å². The molecule has 0 bridgehead atoms. The summed E-state index contributed by atoms with van der Waals surface area (Å²) in [6.07, 6.45) is 1.78. The van der Waals surface area contributed by atoms with Crippen LogP contribution in [0.2, 0.25) is 0 Å². The van der Waals surface area contributed by atoms with Crippen molar-refractivity contribution in [1.82, 2.24) is 14.8 Å². The number of aryl methyl sites for hydroxylation is 2. The van der Waals surface area contributed by atoms with Gasteiger partial charge in [0.1, 0.15) is 5.69 Å². The number of hydrogen-bond acceptors (Lipinski definition) is 4. The van der Waals surface area contributed by atoms with Gasteiger partial charge in [0.15, 0.2) is 5.78 Å². The van der Waals surface area contributed by atoms with Crippen LogP contribution >= 0.6 is 15.9 Å². The molecule has 0 unspecified atom stereocenters. The molecule has 0 aromatic carbocycles. The number of nitrogens with two attached hydrogens (primary N) is 1. The van der Waals surface area contributed by atoms with Crippen molar-refractivity contribution >= 4 is 27.4 Å². The Morgan fingerprint density at radius 1 is 1.56 bits per heavy atom. The van der Waals surface area contributed by atoms with Crippen LogP contribution in [0, 0.1) is 6.92 Å². The third-order valence-electron chi connectivity index (χ3n) is 2.69. The molecule has 0 saturated heterocycles. The van der Waals surface area contributed by atoms with E-state index in [1.807, 2.05) is 14.0 Å². The Morgan fingerprint density at radius 2 is 2.28 bits per heavy atom. The first-order chi connectivity index (χ1) is 8.50. The van der Waals surface area contributed by atoms with E-state index in [0.717, 1.165) is 15.9 Å². The normalized spacial score (nSPS) is 10.6. The van der Waals surface area contributed by atoms with E-state index in [4.69, 9.17) is 5.73 Å². The van der Waals surface area contributed by atoms with Gasteiger partial charge in [0.05, 0.1) is 28.0 Å². The highest BCUT2D eigenvalue weighted by Gasteiger charge is 2.17. The van der Waals surface area contributed by atoms with Crippen LogP contribution in [0.25, 0.3) is 0 Å². The maximum absolute atomic E-state index is 12.1. The van der Waals surface area contributed by atoms with Crippen molar-refractivity contribution in [1.29, 1.82) is 0 Å². The number of hydrogen-bond donors (Lipinski definition) is 1. The Morgan fingerprint density at radius 3 is 2.83 bits per heavy atom. The van der Waals surface area contributed by atoms with Crippen LogP contribution in [0.3, 0.4) is 0 Å². The fourth-order valence-electron chi connectivity index (χ4n) is 1.76. The number of halogens is 1. The molecule has 0 aliphatic carbocycles. The summed E-state index contributed by atoms with van der Waals surface area (Å²) in [6.45, 7) is 1.88. The second-order valence-electron chi connectivity index (χ2n) is 4.01. The van der Waals surface area contributed by atoms with Crippen molar-refractivity contribution in [3.8, 4) is 0 Å². The third-order valence-corrected chi connectivity index (χ3v) is 3.72. The molecule has 0 spiro atoms. The minimum Gasteiger partial charge on any atom is -0.397 e. The van der Waals surface area contributed by atoms with Crippen molar-refractivity contribution < 1.29 is 4.79 Å². The van der Waals surface area contributed by atoms with Crippen LogP contribution in [0.4, 0.5) is 5.69 Å². The SMILES string of the molecule is Cc1nn(C)c(CC(=O)c2ncccc2N)c1Br. The highest BCUT2D eigenvalue weighted by atomic mass is 79.9. The summed E-state index contributed by atoms with van der Waals surface area (Å²) < 4.78 is 2.55. The highest BCUT2D eigenvalue weighted by Crippen LogP contribution is 2.22. The molecule has 2 rings (SSSR count). The van der Waals surface area contributed by atoms with Gasteiger partial charge in [-0.15, -0.1) is 0 Å². The number of pyridine rings is 1. The summed E-state index contributed by atoms with van der Waals surface area (Å²) >= 11 is 3.43. The largest absolute Gasteiger partial charge is 0.397 e. The minimum atomic E-state index is -0.114. The molecule has 0 radical (unpaired) electrons. The molecule has 2 heterocycles. The van der Waals surface area contributed by atoms with E-state index in [0.29, 0.717) is 11.4 Å². The van der Waals surface area contributed by atoms with Crippen molar-refractivity contribution in [2.75, 3.05) is 5.73 Å². The highest BCUT2D eigenvalue weighted by molar-refractivity contribution is 9.10. The number of rotatable bonds is 3. The Kier molecular flexibility index (Phi) is 3.47. The zero-order valence-electron chi connectivity index (χ0n) is 10.1. The van der Waals surface area contributed by atoms with Gasteiger partial charge in [0.25, 0.3) is 0 Å². The van der Waals surface area contributed by atoms with E-state index in [9.17, 15) is 4.79 Å². The number of carbonyl (C=O) groups is 1. The first-order valence-electron chi connectivity index (χ1n) is 5.42. The Balaban J connectivity index is 2.30. The molecule has 0 aliphatic rings. The van der Waals surface area contributed by atoms with Gasteiger partial charge >= 0.3 is 0 Å². The first kappa shape index (κ1) is 12.8. The smallest absolute Gasteiger partial charge is 0.189 e. The van der Waals surface area contributed by atoms with E-state index >= 15 is 0 Å².